The van der Waals surface area contributed by atoms with Crippen LogP contribution >= 0.6 is 0 Å². The van der Waals surface area contributed by atoms with E-state index in [0.29, 0.717) is 5.76 Å². The van der Waals surface area contributed by atoms with E-state index in [1.807, 2.05) is 50.2 Å². The number of aliphatic carboxylic acids is 1. The summed E-state index contributed by atoms with van der Waals surface area (Å²) in [5, 5.41) is 12.5. The molecule has 2 aromatic rings. The Morgan fingerprint density at radius 3 is 2.35 bits per heavy atom. The second-order valence-corrected chi connectivity index (χ2v) is 5.09. The van der Waals surface area contributed by atoms with E-state index in [4.69, 9.17) is 4.42 Å². The molecule has 0 spiro atoms. The fraction of sp³-hybridized carbons (Fsp3) is 0.312. The lowest BCUT2D eigenvalue weighted by Crippen LogP contribution is -2.43. The van der Waals surface area contributed by atoms with Crippen molar-refractivity contribution in [3.8, 4) is 0 Å². The zero-order valence-corrected chi connectivity index (χ0v) is 11.6. The van der Waals surface area contributed by atoms with Gasteiger partial charge in [0, 0.05) is 0 Å². The van der Waals surface area contributed by atoms with E-state index in [9.17, 15) is 9.90 Å². The second kappa shape index (κ2) is 6.39. The largest absolute Gasteiger partial charge is 0.480 e. The summed E-state index contributed by atoms with van der Waals surface area (Å²) >= 11 is 0. The maximum absolute atomic E-state index is 11.4. The van der Waals surface area contributed by atoms with Crippen LogP contribution in [0.5, 0.6) is 0 Å². The number of hydrogen-bond donors (Lipinski definition) is 2. The molecule has 2 unspecified atom stereocenters. The molecule has 1 aromatic heterocycles. The summed E-state index contributed by atoms with van der Waals surface area (Å²) in [6, 6.07) is 12.5. The number of furan rings is 1. The Balaban J connectivity index is 2.31. The lowest BCUT2D eigenvalue weighted by molar-refractivity contribution is -0.140. The number of carboxylic acids is 1. The molecule has 4 heteroatoms. The third kappa shape index (κ3) is 3.27. The predicted molar refractivity (Wildman–Crippen MR) is 76.4 cm³/mol. The Morgan fingerprint density at radius 2 is 1.85 bits per heavy atom. The molecule has 0 aliphatic rings. The van der Waals surface area contributed by atoms with Gasteiger partial charge in [-0.3, -0.25) is 10.1 Å². The van der Waals surface area contributed by atoms with Crippen LogP contribution in [0.15, 0.2) is 53.1 Å². The molecule has 1 aromatic carbocycles. The first-order chi connectivity index (χ1) is 9.59. The van der Waals surface area contributed by atoms with Gasteiger partial charge >= 0.3 is 5.97 Å². The van der Waals surface area contributed by atoms with Crippen LogP contribution in [0.4, 0.5) is 0 Å². The fourth-order valence-corrected chi connectivity index (χ4v) is 2.17. The minimum Gasteiger partial charge on any atom is -0.480 e. The van der Waals surface area contributed by atoms with Gasteiger partial charge in [0.25, 0.3) is 0 Å². The number of benzene rings is 1. The van der Waals surface area contributed by atoms with Crippen molar-refractivity contribution in [2.45, 2.75) is 25.9 Å². The molecular weight excluding hydrogens is 254 g/mol. The fourth-order valence-electron chi connectivity index (χ4n) is 2.17. The van der Waals surface area contributed by atoms with Crippen LogP contribution in [0.1, 0.15) is 31.2 Å². The number of carboxylic acid groups (broad SMARTS) is 1. The second-order valence-electron chi connectivity index (χ2n) is 5.09. The summed E-state index contributed by atoms with van der Waals surface area (Å²) < 4.78 is 5.45. The van der Waals surface area contributed by atoms with E-state index in [0.717, 1.165) is 5.56 Å². The first-order valence-corrected chi connectivity index (χ1v) is 6.66. The zero-order chi connectivity index (χ0) is 14.5. The third-order valence-corrected chi connectivity index (χ3v) is 3.24. The van der Waals surface area contributed by atoms with Gasteiger partial charge in [-0.1, -0.05) is 44.2 Å². The Kier molecular flexibility index (Phi) is 4.58. The maximum atomic E-state index is 11.4. The van der Waals surface area contributed by atoms with Crippen LogP contribution in [0.3, 0.4) is 0 Å². The normalized spacial score (nSPS) is 14.2. The molecule has 0 aliphatic carbocycles. The van der Waals surface area contributed by atoms with E-state index < -0.39 is 12.0 Å². The van der Waals surface area contributed by atoms with Crippen LogP contribution in [-0.4, -0.2) is 17.1 Å². The van der Waals surface area contributed by atoms with Gasteiger partial charge in [-0.25, -0.2) is 0 Å². The van der Waals surface area contributed by atoms with Gasteiger partial charge in [0.05, 0.1) is 12.3 Å². The van der Waals surface area contributed by atoms with Crippen molar-refractivity contribution in [3.63, 3.8) is 0 Å². The molecule has 2 N–H and O–H groups in total. The molecule has 0 saturated heterocycles. The van der Waals surface area contributed by atoms with Crippen molar-refractivity contribution in [2.75, 3.05) is 0 Å². The monoisotopic (exact) mass is 273 g/mol. The van der Waals surface area contributed by atoms with Crippen LogP contribution < -0.4 is 5.32 Å². The van der Waals surface area contributed by atoms with Crippen LogP contribution in [-0.2, 0) is 4.79 Å². The van der Waals surface area contributed by atoms with Crippen LogP contribution in [0, 0.1) is 5.92 Å². The van der Waals surface area contributed by atoms with Gasteiger partial charge in [-0.2, -0.15) is 0 Å². The lowest BCUT2D eigenvalue weighted by atomic mass is 9.99. The maximum Gasteiger partial charge on any atom is 0.320 e. The first kappa shape index (κ1) is 14.3. The molecule has 2 atom stereocenters. The Morgan fingerprint density at radius 1 is 1.15 bits per heavy atom. The minimum absolute atomic E-state index is 0.0197. The number of carbonyl (C=O) groups is 1. The van der Waals surface area contributed by atoms with Crippen LogP contribution in [0.25, 0.3) is 0 Å². The minimum atomic E-state index is -0.854. The lowest BCUT2D eigenvalue weighted by Gasteiger charge is -2.24. The Bertz CT molecular complexity index is 534. The molecule has 4 nitrogen and oxygen atoms in total. The number of nitrogens with one attached hydrogen (secondary N) is 1. The molecular formula is C16H19NO3. The molecule has 0 amide bonds. The predicted octanol–water partition coefficient (Wildman–Crippen LogP) is 3.07. The third-order valence-electron chi connectivity index (χ3n) is 3.24. The van der Waals surface area contributed by atoms with Gasteiger partial charge in [-0.15, -0.1) is 0 Å². The number of rotatable bonds is 6. The van der Waals surface area contributed by atoms with Gasteiger partial charge in [0.15, 0.2) is 0 Å². The molecule has 0 aliphatic heterocycles. The van der Waals surface area contributed by atoms with Crippen molar-refractivity contribution in [1.82, 2.24) is 5.32 Å². The first-order valence-electron chi connectivity index (χ1n) is 6.66. The standard InChI is InChI=1S/C16H19NO3/c1-11(2)14(16(18)19)17-15(13-9-6-10-20-13)12-7-4-3-5-8-12/h3-11,14-15,17H,1-2H3,(H,18,19). The zero-order valence-electron chi connectivity index (χ0n) is 11.6. The van der Waals surface area contributed by atoms with Gasteiger partial charge in [0.2, 0.25) is 0 Å². The molecule has 0 bridgehead atoms. The highest BCUT2D eigenvalue weighted by atomic mass is 16.4. The summed E-state index contributed by atoms with van der Waals surface area (Å²) in [5.74, 6) is -0.163. The highest BCUT2D eigenvalue weighted by molar-refractivity contribution is 5.73. The van der Waals surface area contributed by atoms with Crippen molar-refractivity contribution in [1.29, 1.82) is 0 Å². The molecule has 1 heterocycles. The topological polar surface area (TPSA) is 62.5 Å². The Labute approximate surface area is 118 Å². The molecule has 0 fully saturated rings. The smallest absolute Gasteiger partial charge is 0.320 e. The van der Waals surface area contributed by atoms with E-state index in [1.165, 1.54) is 0 Å². The average Bonchev–Trinajstić information content (AvgIpc) is 2.93. The van der Waals surface area contributed by atoms with E-state index in [1.54, 1.807) is 12.3 Å². The number of hydrogen-bond acceptors (Lipinski definition) is 3. The summed E-state index contributed by atoms with van der Waals surface area (Å²) in [6.45, 7) is 3.77. The van der Waals surface area contributed by atoms with Crippen LogP contribution in [0.2, 0.25) is 0 Å². The molecule has 0 saturated carbocycles. The summed E-state index contributed by atoms with van der Waals surface area (Å²) in [5.41, 5.74) is 0.981. The van der Waals surface area contributed by atoms with Crippen molar-refractivity contribution in [3.05, 3.63) is 60.1 Å². The molecule has 20 heavy (non-hydrogen) atoms. The van der Waals surface area contributed by atoms with E-state index >= 15 is 0 Å². The summed E-state index contributed by atoms with van der Waals surface area (Å²) in [4.78, 5) is 11.4. The highest BCUT2D eigenvalue weighted by Crippen LogP contribution is 2.24. The SMILES string of the molecule is CC(C)C(NC(c1ccccc1)c1ccco1)C(=O)O. The quantitative estimate of drug-likeness (QED) is 0.849. The van der Waals surface area contributed by atoms with Gasteiger partial charge < -0.3 is 9.52 Å². The molecule has 106 valence electrons. The Hall–Kier alpha value is -2.07. The van der Waals surface area contributed by atoms with Crippen molar-refractivity contribution in [2.24, 2.45) is 5.92 Å². The van der Waals surface area contributed by atoms with Gasteiger partial charge in [-0.05, 0) is 23.6 Å². The highest BCUT2D eigenvalue weighted by Gasteiger charge is 2.27. The van der Waals surface area contributed by atoms with Crippen molar-refractivity contribution >= 4 is 5.97 Å². The van der Waals surface area contributed by atoms with E-state index in [2.05, 4.69) is 5.32 Å². The summed E-state index contributed by atoms with van der Waals surface area (Å²) in [6.07, 6.45) is 1.60. The van der Waals surface area contributed by atoms with Gasteiger partial charge in [0.1, 0.15) is 11.8 Å². The van der Waals surface area contributed by atoms with Crippen molar-refractivity contribution < 1.29 is 14.3 Å². The summed E-state index contributed by atoms with van der Waals surface area (Å²) in [7, 11) is 0. The molecule has 2 rings (SSSR count). The average molecular weight is 273 g/mol. The van der Waals surface area contributed by atoms with E-state index in [-0.39, 0.29) is 12.0 Å². The molecule has 0 radical (unpaired) electrons.